The van der Waals surface area contributed by atoms with E-state index in [1.807, 2.05) is 36.6 Å². The molecule has 2 N–H and O–H groups in total. The number of carbonyl (C=O) groups excluding carboxylic acids is 1. The predicted molar refractivity (Wildman–Crippen MR) is 120 cm³/mol. The molecule has 0 aliphatic heterocycles. The first kappa shape index (κ1) is 20.4. The molecule has 7 nitrogen and oxygen atoms in total. The molecule has 0 atom stereocenters. The second kappa shape index (κ2) is 8.85. The molecular formula is C21H21N5O2S2. The van der Waals surface area contributed by atoms with E-state index in [9.17, 15) is 9.59 Å². The van der Waals surface area contributed by atoms with Crippen LogP contribution < -0.4 is 5.56 Å². The van der Waals surface area contributed by atoms with Gasteiger partial charge in [-0.15, -0.1) is 11.3 Å². The van der Waals surface area contributed by atoms with Crippen LogP contribution in [0.3, 0.4) is 0 Å². The second-order valence-electron chi connectivity index (χ2n) is 6.96. The lowest BCUT2D eigenvalue weighted by Crippen LogP contribution is -2.29. The summed E-state index contributed by atoms with van der Waals surface area (Å²) < 4.78 is 0.600. The van der Waals surface area contributed by atoms with E-state index in [2.05, 4.69) is 32.1 Å². The van der Waals surface area contributed by atoms with Crippen LogP contribution in [0.4, 0.5) is 0 Å². The Morgan fingerprint density at radius 2 is 1.97 bits per heavy atom. The highest BCUT2D eigenvalue weighted by Gasteiger charge is 2.15. The number of aryl methyl sites for hydroxylation is 1. The maximum absolute atomic E-state index is 12.5. The number of nitrogens with zero attached hydrogens (tertiary/aromatic N) is 3. The van der Waals surface area contributed by atoms with Gasteiger partial charge < -0.3 is 14.9 Å². The average Bonchev–Trinajstić information content (AvgIpc) is 3.34. The topological polar surface area (TPSA) is 94.7 Å². The Hall–Kier alpha value is -2.91. The summed E-state index contributed by atoms with van der Waals surface area (Å²) in [5.74, 6) is 0.663. The molecule has 3 aromatic heterocycles. The van der Waals surface area contributed by atoms with Crippen LogP contribution in [0.1, 0.15) is 22.8 Å². The Bertz CT molecular complexity index is 1230. The molecule has 0 saturated heterocycles. The number of imidazole rings is 1. The number of carbonyl (C=O) groups is 1. The maximum Gasteiger partial charge on any atom is 0.268 e. The van der Waals surface area contributed by atoms with Crippen molar-refractivity contribution < 1.29 is 4.79 Å². The van der Waals surface area contributed by atoms with Gasteiger partial charge in [0.05, 0.1) is 23.5 Å². The van der Waals surface area contributed by atoms with Gasteiger partial charge in [-0.1, -0.05) is 42.1 Å². The first-order chi connectivity index (χ1) is 14.5. The van der Waals surface area contributed by atoms with Crippen molar-refractivity contribution in [3.05, 3.63) is 74.9 Å². The van der Waals surface area contributed by atoms with Crippen molar-refractivity contribution in [2.24, 2.45) is 0 Å². The van der Waals surface area contributed by atoms with E-state index in [0.717, 1.165) is 23.0 Å². The number of thiophene rings is 1. The summed E-state index contributed by atoms with van der Waals surface area (Å²) in [6.45, 7) is 2.24. The van der Waals surface area contributed by atoms with Crippen molar-refractivity contribution in [2.75, 3.05) is 12.8 Å². The zero-order valence-electron chi connectivity index (χ0n) is 16.6. The molecule has 4 aromatic rings. The minimum absolute atomic E-state index is 0.0632. The number of thioether (sulfide) groups is 1. The molecule has 0 bridgehead atoms. The number of benzene rings is 1. The molecule has 0 fully saturated rings. The zero-order valence-corrected chi connectivity index (χ0v) is 18.3. The summed E-state index contributed by atoms with van der Waals surface area (Å²) in [4.78, 5) is 41.3. The molecule has 4 rings (SSSR count). The van der Waals surface area contributed by atoms with Crippen LogP contribution in [0.15, 0.2) is 51.7 Å². The average molecular weight is 440 g/mol. The first-order valence-corrected chi connectivity index (χ1v) is 11.3. The lowest BCUT2D eigenvalue weighted by Gasteiger charge is -2.15. The van der Waals surface area contributed by atoms with E-state index in [0.29, 0.717) is 16.0 Å². The minimum atomic E-state index is -0.169. The van der Waals surface area contributed by atoms with Crippen molar-refractivity contribution in [2.45, 2.75) is 25.0 Å². The van der Waals surface area contributed by atoms with Gasteiger partial charge in [0.25, 0.3) is 5.56 Å². The van der Waals surface area contributed by atoms with Crippen LogP contribution >= 0.6 is 23.1 Å². The van der Waals surface area contributed by atoms with Crippen molar-refractivity contribution in [1.82, 2.24) is 24.8 Å². The van der Waals surface area contributed by atoms with E-state index in [-0.39, 0.29) is 23.8 Å². The highest BCUT2D eigenvalue weighted by atomic mass is 32.2. The largest absolute Gasteiger partial charge is 0.338 e. The van der Waals surface area contributed by atoms with Gasteiger partial charge in [-0.2, -0.15) is 0 Å². The number of rotatable bonds is 7. The molecular weight excluding hydrogens is 418 g/mol. The second-order valence-corrected chi connectivity index (χ2v) is 8.84. The fourth-order valence-electron chi connectivity index (χ4n) is 3.05. The summed E-state index contributed by atoms with van der Waals surface area (Å²) in [5, 5.41) is 2.56. The van der Waals surface area contributed by atoms with Gasteiger partial charge in [0, 0.05) is 19.2 Å². The van der Waals surface area contributed by atoms with E-state index in [4.69, 9.17) is 0 Å². The smallest absolute Gasteiger partial charge is 0.268 e. The van der Waals surface area contributed by atoms with Gasteiger partial charge in [0.2, 0.25) is 5.91 Å². The van der Waals surface area contributed by atoms with Gasteiger partial charge in [-0.25, -0.2) is 9.97 Å². The van der Waals surface area contributed by atoms with Crippen molar-refractivity contribution in [3.63, 3.8) is 0 Å². The quantitative estimate of drug-likeness (QED) is 0.431. The number of H-pyrrole nitrogens is 2. The van der Waals surface area contributed by atoms with Crippen LogP contribution in [-0.4, -0.2) is 43.5 Å². The Morgan fingerprint density at radius 1 is 1.17 bits per heavy atom. The normalized spacial score (nSPS) is 11.1. The van der Waals surface area contributed by atoms with Crippen molar-refractivity contribution in [1.29, 1.82) is 0 Å². The van der Waals surface area contributed by atoms with Crippen LogP contribution in [0.25, 0.3) is 10.2 Å². The summed E-state index contributed by atoms with van der Waals surface area (Å²) in [5.41, 5.74) is 3.68. The molecule has 0 spiro atoms. The Morgan fingerprint density at radius 3 is 2.77 bits per heavy atom. The van der Waals surface area contributed by atoms with E-state index < -0.39 is 0 Å². The van der Waals surface area contributed by atoms with Gasteiger partial charge in [0.1, 0.15) is 10.5 Å². The van der Waals surface area contributed by atoms with Gasteiger partial charge in [0.15, 0.2) is 5.16 Å². The molecule has 154 valence electrons. The van der Waals surface area contributed by atoms with Crippen LogP contribution in [0.2, 0.25) is 0 Å². The van der Waals surface area contributed by atoms with Crippen LogP contribution in [0.5, 0.6) is 0 Å². The van der Waals surface area contributed by atoms with E-state index >= 15 is 0 Å². The number of aromatic amines is 2. The number of hydrogen-bond acceptors (Lipinski definition) is 6. The summed E-state index contributed by atoms with van der Waals surface area (Å²) >= 11 is 2.73. The third-order valence-electron chi connectivity index (χ3n) is 4.69. The van der Waals surface area contributed by atoms with Gasteiger partial charge in [-0.3, -0.25) is 9.59 Å². The predicted octanol–water partition coefficient (Wildman–Crippen LogP) is 3.36. The number of amides is 1. The number of fused-ring (bicyclic) bond motifs is 1. The Balaban J connectivity index is 1.35. The molecule has 0 aliphatic carbocycles. The molecule has 0 unspecified atom stereocenters. The highest BCUT2D eigenvalue weighted by molar-refractivity contribution is 7.99. The van der Waals surface area contributed by atoms with Gasteiger partial charge >= 0.3 is 0 Å². The molecule has 0 saturated carbocycles. The SMILES string of the molecule is Cc1[nH]c(SCC(=O)N(C)Cc2nc3ccsc3c(=O)[nH]2)nc1Cc1ccccc1. The first-order valence-electron chi connectivity index (χ1n) is 9.42. The highest BCUT2D eigenvalue weighted by Crippen LogP contribution is 2.20. The standard InChI is InChI=1S/C21H21N5O2S2/c1-13-16(10-14-6-4-3-5-7-14)24-21(22-13)30-12-18(27)26(2)11-17-23-15-8-9-29-19(15)20(28)25-17/h3-9H,10-12H2,1-2H3,(H,22,24)(H,23,25,28). The number of nitrogens with one attached hydrogen (secondary N) is 2. The molecule has 1 amide bonds. The Labute approximate surface area is 181 Å². The molecule has 0 radical (unpaired) electrons. The lowest BCUT2D eigenvalue weighted by atomic mass is 10.1. The molecule has 1 aromatic carbocycles. The van der Waals surface area contributed by atoms with Crippen molar-refractivity contribution >= 4 is 39.2 Å². The molecule has 3 heterocycles. The molecule has 30 heavy (non-hydrogen) atoms. The zero-order chi connectivity index (χ0) is 21.1. The van der Waals surface area contributed by atoms with Crippen LogP contribution in [0, 0.1) is 6.92 Å². The van der Waals surface area contributed by atoms with E-state index in [1.165, 1.54) is 28.7 Å². The summed E-state index contributed by atoms with van der Waals surface area (Å²) in [7, 11) is 1.70. The third-order valence-corrected chi connectivity index (χ3v) is 6.45. The van der Waals surface area contributed by atoms with E-state index in [1.54, 1.807) is 11.9 Å². The van der Waals surface area contributed by atoms with Crippen LogP contribution in [-0.2, 0) is 17.8 Å². The minimum Gasteiger partial charge on any atom is -0.338 e. The summed E-state index contributed by atoms with van der Waals surface area (Å²) in [6, 6.07) is 12.0. The fraction of sp³-hybridized carbons (Fsp3) is 0.238. The summed E-state index contributed by atoms with van der Waals surface area (Å²) in [6.07, 6.45) is 0.752. The monoisotopic (exact) mass is 439 g/mol. The van der Waals surface area contributed by atoms with Crippen molar-refractivity contribution in [3.8, 4) is 0 Å². The maximum atomic E-state index is 12.5. The number of hydrogen-bond donors (Lipinski definition) is 2. The number of aromatic nitrogens is 4. The molecule has 9 heteroatoms. The fourth-order valence-corrected chi connectivity index (χ4v) is 4.65. The lowest BCUT2D eigenvalue weighted by molar-refractivity contribution is -0.127. The molecule has 0 aliphatic rings. The van der Waals surface area contributed by atoms with Gasteiger partial charge in [-0.05, 0) is 23.9 Å². The third kappa shape index (κ3) is 4.63. The Kier molecular flexibility index (Phi) is 6.01.